The Morgan fingerprint density at radius 2 is 1.94 bits per heavy atom. The zero-order valence-corrected chi connectivity index (χ0v) is 11.9. The standard InChI is InChI=1S/C14H15BrFNO/c1-9(11-4-3-5-12(16)8-11)17-10(2)13-6-7-14(15)18-13/h3-10,17H,1-2H3. The van der Waals surface area contributed by atoms with Crippen molar-refractivity contribution >= 4 is 15.9 Å². The summed E-state index contributed by atoms with van der Waals surface area (Å²) in [6.07, 6.45) is 0. The second-order valence-electron chi connectivity index (χ2n) is 4.31. The Balaban J connectivity index is 2.05. The van der Waals surface area contributed by atoms with Gasteiger partial charge in [0.1, 0.15) is 11.6 Å². The quantitative estimate of drug-likeness (QED) is 0.893. The van der Waals surface area contributed by atoms with Gasteiger partial charge >= 0.3 is 0 Å². The number of benzene rings is 1. The van der Waals surface area contributed by atoms with Gasteiger partial charge in [-0.05, 0) is 59.6 Å². The molecule has 0 aliphatic rings. The zero-order chi connectivity index (χ0) is 13.1. The van der Waals surface area contributed by atoms with Gasteiger partial charge in [-0.15, -0.1) is 0 Å². The van der Waals surface area contributed by atoms with Gasteiger partial charge in [0.05, 0.1) is 6.04 Å². The molecular weight excluding hydrogens is 297 g/mol. The third-order valence-electron chi connectivity index (χ3n) is 2.87. The van der Waals surface area contributed by atoms with E-state index in [1.54, 1.807) is 12.1 Å². The van der Waals surface area contributed by atoms with Crippen LogP contribution in [0, 0.1) is 5.82 Å². The highest BCUT2D eigenvalue weighted by atomic mass is 79.9. The van der Waals surface area contributed by atoms with Crippen molar-refractivity contribution < 1.29 is 8.81 Å². The van der Waals surface area contributed by atoms with Crippen LogP contribution in [-0.2, 0) is 0 Å². The minimum absolute atomic E-state index is 0.0552. The Bertz CT molecular complexity index is 526. The van der Waals surface area contributed by atoms with Gasteiger partial charge in [-0.25, -0.2) is 4.39 Å². The summed E-state index contributed by atoms with van der Waals surface area (Å²) in [5, 5.41) is 3.37. The molecule has 1 N–H and O–H groups in total. The number of hydrogen-bond acceptors (Lipinski definition) is 2. The number of rotatable bonds is 4. The summed E-state index contributed by atoms with van der Waals surface area (Å²) >= 11 is 3.28. The highest BCUT2D eigenvalue weighted by molar-refractivity contribution is 9.10. The van der Waals surface area contributed by atoms with Gasteiger partial charge in [0.15, 0.2) is 4.67 Å². The smallest absolute Gasteiger partial charge is 0.169 e. The molecule has 0 saturated heterocycles. The van der Waals surface area contributed by atoms with Crippen molar-refractivity contribution in [3.63, 3.8) is 0 Å². The molecule has 0 aliphatic carbocycles. The average molecular weight is 312 g/mol. The summed E-state index contributed by atoms with van der Waals surface area (Å²) in [5.41, 5.74) is 0.924. The summed E-state index contributed by atoms with van der Waals surface area (Å²) in [4.78, 5) is 0. The van der Waals surface area contributed by atoms with Crippen LogP contribution in [0.2, 0.25) is 0 Å². The van der Waals surface area contributed by atoms with Crippen LogP contribution >= 0.6 is 15.9 Å². The Hall–Kier alpha value is -1.13. The van der Waals surface area contributed by atoms with Crippen LogP contribution in [-0.4, -0.2) is 0 Å². The third-order valence-corrected chi connectivity index (χ3v) is 3.30. The molecular formula is C14H15BrFNO. The monoisotopic (exact) mass is 311 g/mol. The molecule has 0 bridgehead atoms. The van der Waals surface area contributed by atoms with Crippen LogP contribution in [0.3, 0.4) is 0 Å². The van der Waals surface area contributed by atoms with Gasteiger partial charge in [-0.3, -0.25) is 0 Å². The van der Waals surface area contributed by atoms with Gasteiger partial charge in [0.25, 0.3) is 0 Å². The molecule has 0 fully saturated rings. The number of hydrogen-bond donors (Lipinski definition) is 1. The summed E-state index contributed by atoms with van der Waals surface area (Å²) in [6, 6.07) is 10.5. The highest BCUT2D eigenvalue weighted by Gasteiger charge is 2.14. The van der Waals surface area contributed by atoms with Crippen LogP contribution in [0.15, 0.2) is 45.5 Å². The molecule has 0 saturated carbocycles. The van der Waals surface area contributed by atoms with Crippen LogP contribution in [0.25, 0.3) is 0 Å². The second-order valence-corrected chi connectivity index (χ2v) is 5.09. The first kappa shape index (κ1) is 13.3. The maximum Gasteiger partial charge on any atom is 0.169 e. The number of halogens is 2. The molecule has 96 valence electrons. The second kappa shape index (κ2) is 5.67. The first-order valence-electron chi connectivity index (χ1n) is 5.83. The van der Waals surface area contributed by atoms with Crippen molar-refractivity contribution in [2.75, 3.05) is 0 Å². The molecule has 18 heavy (non-hydrogen) atoms. The topological polar surface area (TPSA) is 25.2 Å². The van der Waals surface area contributed by atoms with Crippen LogP contribution < -0.4 is 5.32 Å². The molecule has 0 aliphatic heterocycles. The maximum absolute atomic E-state index is 13.1. The number of furan rings is 1. The summed E-state index contributed by atoms with van der Waals surface area (Å²) in [7, 11) is 0. The summed E-state index contributed by atoms with van der Waals surface area (Å²) < 4.78 is 19.3. The van der Waals surface area contributed by atoms with E-state index in [9.17, 15) is 4.39 Å². The largest absolute Gasteiger partial charge is 0.453 e. The van der Waals surface area contributed by atoms with Crippen LogP contribution in [0.4, 0.5) is 4.39 Å². The Morgan fingerprint density at radius 3 is 2.56 bits per heavy atom. The van der Waals surface area contributed by atoms with Gasteiger partial charge in [-0.2, -0.15) is 0 Å². The molecule has 2 aromatic rings. The SMILES string of the molecule is CC(NC(C)c1ccc(Br)o1)c1cccc(F)c1. The van der Waals surface area contributed by atoms with Crippen molar-refractivity contribution in [1.82, 2.24) is 5.32 Å². The van der Waals surface area contributed by atoms with E-state index in [1.807, 2.05) is 32.0 Å². The predicted molar refractivity (Wildman–Crippen MR) is 72.8 cm³/mol. The van der Waals surface area contributed by atoms with Crippen LogP contribution in [0.5, 0.6) is 0 Å². The minimum atomic E-state index is -0.213. The average Bonchev–Trinajstić information content (AvgIpc) is 2.76. The summed E-state index contributed by atoms with van der Waals surface area (Å²) in [5.74, 6) is 0.639. The molecule has 1 heterocycles. The Morgan fingerprint density at radius 1 is 1.17 bits per heavy atom. The zero-order valence-electron chi connectivity index (χ0n) is 10.3. The van der Waals surface area contributed by atoms with E-state index in [2.05, 4.69) is 21.2 Å². The molecule has 0 radical (unpaired) electrons. The molecule has 2 nitrogen and oxygen atoms in total. The van der Waals surface area contributed by atoms with Crippen molar-refractivity contribution in [3.05, 3.63) is 58.2 Å². The van der Waals surface area contributed by atoms with E-state index in [0.29, 0.717) is 4.67 Å². The lowest BCUT2D eigenvalue weighted by atomic mass is 10.1. The normalized spacial score (nSPS) is 14.4. The molecule has 2 atom stereocenters. The van der Waals surface area contributed by atoms with Gasteiger partial charge in [-0.1, -0.05) is 12.1 Å². The van der Waals surface area contributed by atoms with Crippen molar-refractivity contribution in [2.45, 2.75) is 25.9 Å². The van der Waals surface area contributed by atoms with Gasteiger partial charge in [0, 0.05) is 6.04 Å². The van der Waals surface area contributed by atoms with E-state index < -0.39 is 0 Å². The van der Waals surface area contributed by atoms with Crippen molar-refractivity contribution in [1.29, 1.82) is 0 Å². The molecule has 2 unspecified atom stereocenters. The van der Waals surface area contributed by atoms with E-state index >= 15 is 0 Å². The lowest BCUT2D eigenvalue weighted by Crippen LogP contribution is -2.22. The minimum Gasteiger partial charge on any atom is -0.453 e. The lowest BCUT2D eigenvalue weighted by molar-refractivity contribution is 0.393. The van der Waals surface area contributed by atoms with E-state index in [1.165, 1.54) is 6.07 Å². The molecule has 4 heteroatoms. The van der Waals surface area contributed by atoms with Gasteiger partial charge in [0.2, 0.25) is 0 Å². The van der Waals surface area contributed by atoms with Gasteiger partial charge < -0.3 is 9.73 Å². The fraction of sp³-hybridized carbons (Fsp3) is 0.286. The molecule has 0 amide bonds. The first-order chi connectivity index (χ1) is 8.56. The third kappa shape index (κ3) is 3.21. The molecule has 0 spiro atoms. The predicted octanol–water partition coefficient (Wildman–Crippen LogP) is 4.59. The van der Waals surface area contributed by atoms with E-state index in [-0.39, 0.29) is 17.9 Å². The summed E-state index contributed by atoms with van der Waals surface area (Å²) in [6.45, 7) is 4.02. The molecule has 1 aromatic carbocycles. The maximum atomic E-state index is 13.1. The van der Waals surface area contributed by atoms with E-state index in [4.69, 9.17) is 4.42 Å². The fourth-order valence-electron chi connectivity index (χ4n) is 1.89. The van der Waals surface area contributed by atoms with Crippen molar-refractivity contribution in [3.8, 4) is 0 Å². The van der Waals surface area contributed by atoms with Crippen molar-refractivity contribution in [2.24, 2.45) is 0 Å². The molecule has 1 aromatic heterocycles. The van der Waals surface area contributed by atoms with Crippen LogP contribution in [0.1, 0.15) is 37.3 Å². The first-order valence-corrected chi connectivity index (χ1v) is 6.62. The fourth-order valence-corrected chi connectivity index (χ4v) is 2.21. The Kier molecular flexibility index (Phi) is 4.19. The Labute approximate surface area is 114 Å². The van der Waals surface area contributed by atoms with E-state index in [0.717, 1.165) is 11.3 Å². The lowest BCUT2D eigenvalue weighted by Gasteiger charge is -2.18. The number of nitrogens with one attached hydrogen (secondary N) is 1. The molecule has 2 rings (SSSR count). The highest BCUT2D eigenvalue weighted by Crippen LogP contribution is 2.23.